The number of para-hydroxylation sites is 1. The van der Waals surface area contributed by atoms with Gasteiger partial charge in [0.25, 0.3) is 5.91 Å². The van der Waals surface area contributed by atoms with E-state index >= 15 is 0 Å². The van der Waals surface area contributed by atoms with Gasteiger partial charge in [0.2, 0.25) is 0 Å². The zero-order valence-corrected chi connectivity index (χ0v) is 11.1. The lowest BCUT2D eigenvalue weighted by atomic mass is 9.99. The Labute approximate surface area is 112 Å². The van der Waals surface area contributed by atoms with Crippen molar-refractivity contribution in [2.24, 2.45) is 5.92 Å². The number of nitrogens with two attached hydrogens (primary N) is 1. The van der Waals surface area contributed by atoms with E-state index in [-0.39, 0.29) is 29.0 Å². The summed E-state index contributed by atoms with van der Waals surface area (Å²) in [7, 11) is 0. The van der Waals surface area contributed by atoms with E-state index in [1.165, 1.54) is 0 Å². The van der Waals surface area contributed by atoms with Crippen molar-refractivity contribution >= 4 is 11.6 Å². The standard InChI is InChI=1S/C14H20N2O3/c1-2-12-9(6-7-19-12)8-16-14(18)10-4-3-5-11(15)13(10)17/h3-5,9,12,17H,2,6-8,15H2,1H3,(H,16,18). The summed E-state index contributed by atoms with van der Waals surface area (Å²) in [5.74, 6) is -0.113. The maximum Gasteiger partial charge on any atom is 0.255 e. The second kappa shape index (κ2) is 5.93. The van der Waals surface area contributed by atoms with Crippen LogP contribution in [0.3, 0.4) is 0 Å². The molecule has 19 heavy (non-hydrogen) atoms. The fourth-order valence-electron chi connectivity index (χ4n) is 2.44. The number of phenolic OH excluding ortho intramolecular Hbond substituents is 1. The Morgan fingerprint density at radius 3 is 3.11 bits per heavy atom. The number of amides is 1. The Morgan fingerprint density at radius 1 is 1.58 bits per heavy atom. The molecule has 1 saturated heterocycles. The molecule has 104 valence electrons. The molecule has 1 aromatic rings. The monoisotopic (exact) mass is 264 g/mol. The predicted molar refractivity (Wildman–Crippen MR) is 73.0 cm³/mol. The molecule has 1 aliphatic heterocycles. The highest BCUT2D eigenvalue weighted by atomic mass is 16.5. The number of phenols is 1. The Balaban J connectivity index is 1.96. The Hall–Kier alpha value is -1.75. The van der Waals surface area contributed by atoms with Gasteiger partial charge >= 0.3 is 0 Å². The lowest BCUT2D eigenvalue weighted by Gasteiger charge is -2.17. The van der Waals surface area contributed by atoms with E-state index < -0.39 is 0 Å². The van der Waals surface area contributed by atoms with Crippen LogP contribution in [-0.2, 0) is 4.74 Å². The third-order valence-corrected chi connectivity index (χ3v) is 3.59. The van der Waals surface area contributed by atoms with Gasteiger partial charge in [-0.2, -0.15) is 0 Å². The van der Waals surface area contributed by atoms with Crippen molar-refractivity contribution in [3.63, 3.8) is 0 Å². The molecule has 0 saturated carbocycles. The van der Waals surface area contributed by atoms with Gasteiger partial charge in [-0.1, -0.05) is 13.0 Å². The molecule has 0 aromatic heterocycles. The average Bonchev–Trinajstić information content (AvgIpc) is 2.86. The Morgan fingerprint density at radius 2 is 2.37 bits per heavy atom. The largest absolute Gasteiger partial charge is 0.505 e. The van der Waals surface area contributed by atoms with Crippen molar-refractivity contribution in [1.82, 2.24) is 5.32 Å². The minimum Gasteiger partial charge on any atom is -0.505 e. The molecule has 1 amide bonds. The summed E-state index contributed by atoms with van der Waals surface area (Å²) >= 11 is 0. The number of nitrogens with one attached hydrogen (secondary N) is 1. The highest BCUT2D eigenvalue weighted by Crippen LogP contribution is 2.25. The number of anilines is 1. The van der Waals surface area contributed by atoms with Crippen LogP contribution in [0.2, 0.25) is 0 Å². The molecule has 2 unspecified atom stereocenters. The van der Waals surface area contributed by atoms with Gasteiger partial charge in [0.05, 0.1) is 17.4 Å². The van der Waals surface area contributed by atoms with Crippen molar-refractivity contribution in [2.45, 2.75) is 25.9 Å². The lowest BCUT2D eigenvalue weighted by molar-refractivity contribution is 0.0826. The SMILES string of the molecule is CCC1OCCC1CNC(=O)c1cccc(N)c1O. The predicted octanol–water partition coefficient (Wildman–Crippen LogP) is 1.52. The summed E-state index contributed by atoms with van der Waals surface area (Å²) < 4.78 is 5.57. The fourth-order valence-corrected chi connectivity index (χ4v) is 2.44. The van der Waals surface area contributed by atoms with Gasteiger partial charge < -0.3 is 20.9 Å². The van der Waals surface area contributed by atoms with Crippen LogP contribution in [0.4, 0.5) is 5.69 Å². The molecule has 0 aliphatic carbocycles. The maximum absolute atomic E-state index is 12.0. The smallest absolute Gasteiger partial charge is 0.255 e. The molecule has 5 heteroatoms. The molecule has 5 nitrogen and oxygen atoms in total. The second-order valence-corrected chi connectivity index (χ2v) is 4.82. The number of ether oxygens (including phenoxy) is 1. The van der Waals surface area contributed by atoms with Crippen LogP contribution in [0, 0.1) is 5.92 Å². The van der Waals surface area contributed by atoms with Gasteiger partial charge in [0.1, 0.15) is 0 Å². The molecule has 0 spiro atoms. The third-order valence-electron chi connectivity index (χ3n) is 3.59. The molecule has 2 rings (SSSR count). The van der Waals surface area contributed by atoms with Crippen LogP contribution in [0.5, 0.6) is 5.75 Å². The van der Waals surface area contributed by atoms with Crippen LogP contribution in [-0.4, -0.2) is 30.3 Å². The van der Waals surface area contributed by atoms with Crippen molar-refractivity contribution in [3.8, 4) is 5.75 Å². The minimum atomic E-state index is -0.299. The molecule has 0 radical (unpaired) electrons. The van der Waals surface area contributed by atoms with Crippen LogP contribution >= 0.6 is 0 Å². The maximum atomic E-state index is 12.0. The first-order chi connectivity index (χ1) is 9.13. The number of hydrogen-bond acceptors (Lipinski definition) is 4. The van der Waals surface area contributed by atoms with Gasteiger partial charge in [0.15, 0.2) is 5.75 Å². The zero-order chi connectivity index (χ0) is 13.8. The molecule has 2 atom stereocenters. The van der Waals surface area contributed by atoms with Gasteiger partial charge in [-0.25, -0.2) is 0 Å². The van der Waals surface area contributed by atoms with Crippen LogP contribution in [0.1, 0.15) is 30.1 Å². The number of carbonyl (C=O) groups is 1. The summed E-state index contributed by atoms with van der Waals surface area (Å²) in [5, 5.41) is 12.6. The molecule has 4 N–H and O–H groups in total. The molecule has 1 fully saturated rings. The van der Waals surface area contributed by atoms with E-state index in [1.807, 2.05) is 0 Å². The summed E-state index contributed by atoms with van der Waals surface area (Å²) in [6.45, 7) is 3.39. The summed E-state index contributed by atoms with van der Waals surface area (Å²) in [5.41, 5.74) is 6.00. The lowest BCUT2D eigenvalue weighted by Crippen LogP contribution is -2.32. The highest BCUT2D eigenvalue weighted by molar-refractivity contribution is 5.98. The third kappa shape index (κ3) is 2.98. The van der Waals surface area contributed by atoms with Crippen LogP contribution in [0.15, 0.2) is 18.2 Å². The topological polar surface area (TPSA) is 84.6 Å². The van der Waals surface area contributed by atoms with E-state index in [1.54, 1.807) is 18.2 Å². The Bertz CT molecular complexity index is 462. The van der Waals surface area contributed by atoms with Crippen LogP contribution < -0.4 is 11.1 Å². The first-order valence-electron chi connectivity index (χ1n) is 6.60. The fraction of sp³-hybridized carbons (Fsp3) is 0.500. The number of rotatable bonds is 4. The first-order valence-corrected chi connectivity index (χ1v) is 6.60. The number of nitrogen functional groups attached to an aromatic ring is 1. The number of carbonyl (C=O) groups excluding carboxylic acids is 1. The number of hydrogen-bond donors (Lipinski definition) is 3. The molecule has 0 bridgehead atoms. The quantitative estimate of drug-likeness (QED) is 0.568. The van der Waals surface area contributed by atoms with Gasteiger partial charge in [0, 0.05) is 19.1 Å². The zero-order valence-electron chi connectivity index (χ0n) is 11.1. The molecule has 1 aliphatic rings. The second-order valence-electron chi connectivity index (χ2n) is 4.82. The molecule has 1 heterocycles. The average molecular weight is 264 g/mol. The summed E-state index contributed by atoms with van der Waals surface area (Å²) in [6.07, 6.45) is 2.13. The van der Waals surface area contributed by atoms with Crippen molar-refractivity contribution in [1.29, 1.82) is 0 Å². The Kier molecular flexibility index (Phi) is 4.27. The van der Waals surface area contributed by atoms with Crippen molar-refractivity contribution in [2.75, 3.05) is 18.9 Å². The van der Waals surface area contributed by atoms with E-state index in [9.17, 15) is 9.90 Å². The van der Waals surface area contributed by atoms with Crippen LogP contribution in [0.25, 0.3) is 0 Å². The van der Waals surface area contributed by atoms with E-state index in [2.05, 4.69) is 12.2 Å². The van der Waals surface area contributed by atoms with Gasteiger partial charge in [-0.05, 0) is 25.0 Å². The van der Waals surface area contributed by atoms with Crippen molar-refractivity contribution < 1.29 is 14.6 Å². The van der Waals surface area contributed by atoms with E-state index in [0.717, 1.165) is 19.4 Å². The summed E-state index contributed by atoms with van der Waals surface area (Å²) in [6, 6.07) is 4.77. The number of aromatic hydroxyl groups is 1. The molecular formula is C14H20N2O3. The minimum absolute atomic E-state index is 0.158. The van der Waals surface area contributed by atoms with Gasteiger partial charge in [-0.15, -0.1) is 0 Å². The molecule has 1 aromatic carbocycles. The van der Waals surface area contributed by atoms with Gasteiger partial charge in [-0.3, -0.25) is 4.79 Å². The number of benzene rings is 1. The normalized spacial score (nSPS) is 22.4. The highest BCUT2D eigenvalue weighted by Gasteiger charge is 2.27. The first kappa shape index (κ1) is 13.7. The van der Waals surface area contributed by atoms with E-state index in [0.29, 0.717) is 12.5 Å². The van der Waals surface area contributed by atoms with E-state index in [4.69, 9.17) is 10.5 Å². The summed E-state index contributed by atoms with van der Waals surface area (Å²) in [4.78, 5) is 12.0. The van der Waals surface area contributed by atoms with Crippen molar-refractivity contribution in [3.05, 3.63) is 23.8 Å². The molecular weight excluding hydrogens is 244 g/mol.